The first-order valence-corrected chi connectivity index (χ1v) is 7.94. The van der Waals surface area contributed by atoms with Gasteiger partial charge in [-0.3, -0.25) is 4.98 Å². The monoisotopic (exact) mass is 309 g/mol. The highest BCUT2D eigenvalue weighted by atomic mass is 16.2. The largest absolute Gasteiger partial charge is 0.338 e. The van der Waals surface area contributed by atoms with Gasteiger partial charge in [0.05, 0.1) is 5.69 Å². The van der Waals surface area contributed by atoms with Crippen LogP contribution < -0.4 is 10.6 Å². The second-order valence-corrected chi connectivity index (χ2v) is 5.40. The Labute approximate surface area is 137 Å². The molecule has 0 spiro atoms. The molecular weight excluding hydrogens is 286 g/mol. The Morgan fingerprint density at radius 1 is 1.17 bits per heavy atom. The van der Waals surface area contributed by atoms with E-state index in [-0.39, 0.29) is 6.03 Å². The van der Waals surface area contributed by atoms with Crippen LogP contribution in [0.2, 0.25) is 0 Å². The number of benzene rings is 1. The van der Waals surface area contributed by atoms with Gasteiger partial charge in [0.15, 0.2) is 0 Å². The van der Waals surface area contributed by atoms with E-state index < -0.39 is 0 Å². The number of aryl methyl sites for hydroxylation is 1. The molecule has 2 amide bonds. The summed E-state index contributed by atoms with van der Waals surface area (Å²) in [5.41, 5.74) is 3.70. The minimum atomic E-state index is -0.167. The first kappa shape index (κ1) is 16.7. The molecule has 0 saturated heterocycles. The number of hydrogen-bond acceptors (Lipinski definition) is 2. The molecule has 120 valence electrons. The van der Waals surface area contributed by atoms with Gasteiger partial charge in [0, 0.05) is 17.9 Å². The Morgan fingerprint density at radius 2 is 2.00 bits per heavy atom. The molecule has 1 aromatic carbocycles. The van der Waals surface area contributed by atoms with Gasteiger partial charge in [-0.05, 0) is 49.2 Å². The van der Waals surface area contributed by atoms with Gasteiger partial charge in [0.25, 0.3) is 0 Å². The smallest absolute Gasteiger partial charge is 0.319 e. The molecule has 4 heteroatoms. The summed E-state index contributed by atoms with van der Waals surface area (Å²) >= 11 is 0. The lowest BCUT2D eigenvalue weighted by molar-refractivity contribution is 0.252. The maximum Gasteiger partial charge on any atom is 0.319 e. The van der Waals surface area contributed by atoms with Crippen LogP contribution in [0.1, 0.15) is 36.7 Å². The van der Waals surface area contributed by atoms with Crippen LogP contribution >= 0.6 is 0 Å². The quantitative estimate of drug-likeness (QED) is 0.773. The molecule has 0 aliphatic heterocycles. The van der Waals surface area contributed by atoms with Gasteiger partial charge in [-0.2, -0.15) is 0 Å². The second kappa shape index (κ2) is 8.73. The number of unbranched alkanes of at least 4 members (excludes halogenated alkanes) is 1. The summed E-state index contributed by atoms with van der Waals surface area (Å²) in [5.74, 6) is 0. The maximum atomic E-state index is 11.8. The molecule has 2 N–H and O–H groups in total. The van der Waals surface area contributed by atoms with E-state index in [2.05, 4.69) is 22.5 Å². The number of hydrogen-bond donors (Lipinski definition) is 2. The second-order valence-electron chi connectivity index (χ2n) is 5.40. The summed E-state index contributed by atoms with van der Waals surface area (Å²) in [5, 5.41) is 5.69. The first-order chi connectivity index (χ1) is 11.2. The molecule has 1 aromatic heterocycles. The third-order valence-corrected chi connectivity index (χ3v) is 3.32. The van der Waals surface area contributed by atoms with Gasteiger partial charge in [-0.15, -0.1) is 0 Å². The molecular formula is C19H23N3O. The zero-order chi connectivity index (χ0) is 16.5. The van der Waals surface area contributed by atoms with Crippen LogP contribution in [0.3, 0.4) is 0 Å². The van der Waals surface area contributed by atoms with Crippen molar-refractivity contribution in [2.45, 2.75) is 26.7 Å². The fraction of sp³-hybridized carbons (Fsp3) is 0.263. The van der Waals surface area contributed by atoms with Gasteiger partial charge < -0.3 is 10.6 Å². The van der Waals surface area contributed by atoms with Gasteiger partial charge in [-0.25, -0.2) is 4.79 Å². The van der Waals surface area contributed by atoms with Crippen LogP contribution in [-0.4, -0.2) is 17.6 Å². The fourth-order valence-electron chi connectivity index (χ4n) is 2.11. The highest BCUT2D eigenvalue weighted by molar-refractivity contribution is 5.89. The van der Waals surface area contributed by atoms with Crippen LogP contribution in [0.4, 0.5) is 10.5 Å². The van der Waals surface area contributed by atoms with Crippen molar-refractivity contribution in [3.8, 4) is 0 Å². The lowest BCUT2D eigenvalue weighted by atomic mass is 10.1. The van der Waals surface area contributed by atoms with Crippen molar-refractivity contribution in [3.63, 3.8) is 0 Å². The molecule has 2 rings (SSSR count). The number of pyridine rings is 1. The van der Waals surface area contributed by atoms with E-state index in [1.54, 1.807) is 0 Å². The zero-order valence-corrected chi connectivity index (χ0v) is 13.7. The number of aromatic nitrogens is 1. The Bertz CT molecular complexity index is 680. The molecule has 0 atom stereocenters. The van der Waals surface area contributed by atoms with Gasteiger partial charge in [0.2, 0.25) is 0 Å². The minimum Gasteiger partial charge on any atom is -0.338 e. The van der Waals surface area contributed by atoms with Crippen LogP contribution in [0, 0.1) is 6.92 Å². The fourth-order valence-corrected chi connectivity index (χ4v) is 2.11. The van der Waals surface area contributed by atoms with Gasteiger partial charge >= 0.3 is 6.03 Å². The summed E-state index contributed by atoms with van der Waals surface area (Å²) in [6.07, 6.45) is 6.00. The van der Waals surface area contributed by atoms with Crippen molar-refractivity contribution in [2.24, 2.45) is 0 Å². The number of rotatable bonds is 6. The standard InChI is InChI=1S/C19H23N3O/c1-3-4-13-20-19(23)22-18-10-6-8-16(14-18)11-12-17-9-5-7-15(2)21-17/h5-12,14H,3-4,13H2,1-2H3,(H2,20,22,23). The highest BCUT2D eigenvalue weighted by Crippen LogP contribution is 2.13. The van der Waals surface area contributed by atoms with E-state index in [9.17, 15) is 4.79 Å². The van der Waals surface area contributed by atoms with E-state index in [0.717, 1.165) is 35.5 Å². The number of carbonyl (C=O) groups excluding carboxylic acids is 1. The van der Waals surface area contributed by atoms with Crippen LogP contribution in [0.15, 0.2) is 42.5 Å². The molecule has 23 heavy (non-hydrogen) atoms. The lowest BCUT2D eigenvalue weighted by Crippen LogP contribution is -2.29. The Morgan fingerprint density at radius 3 is 2.78 bits per heavy atom. The minimum absolute atomic E-state index is 0.167. The number of nitrogens with one attached hydrogen (secondary N) is 2. The number of carbonyl (C=O) groups is 1. The summed E-state index contributed by atoms with van der Waals surface area (Å²) in [6, 6.07) is 13.5. The van der Waals surface area contributed by atoms with E-state index in [1.165, 1.54) is 0 Å². The SMILES string of the molecule is CCCCNC(=O)Nc1cccc(C=Cc2cccc(C)n2)c1. The number of urea groups is 1. The lowest BCUT2D eigenvalue weighted by Gasteiger charge is -2.07. The van der Waals surface area contributed by atoms with Crippen LogP contribution in [0.5, 0.6) is 0 Å². The van der Waals surface area contributed by atoms with Gasteiger partial charge in [-0.1, -0.05) is 37.6 Å². The summed E-state index contributed by atoms with van der Waals surface area (Å²) in [4.78, 5) is 16.2. The van der Waals surface area contributed by atoms with Gasteiger partial charge in [0.1, 0.15) is 0 Å². The molecule has 0 aliphatic rings. The Hall–Kier alpha value is -2.62. The first-order valence-electron chi connectivity index (χ1n) is 7.94. The predicted octanol–water partition coefficient (Wildman–Crippen LogP) is 4.48. The molecule has 0 radical (unpaired) electrons. The number of amides is 2. The topological polar surface area (TPSA) is 54.0 Å². The zero-order valence-electron chi connectivity index (χ0n) is 13.7. The molecule has 0 unspecified atom stereocenters. The van der Waals surface area contributed by atoms with Crippen molar-refractivity contribution in [1.29, 1.82) is 0 Å². The molecule has 0 aliphatic carbocycles. The molecule has 1 heterocycles. The summed E-state index contributed by atoms with van der Waals surface area (Å²) in [7, 11) is 0. The van der Waals surface area contributed by atoms with Crippen molar-refractivity contribution >= 4 is 23.9 Å². The third-order valence-electron chi connectivity index (χ3n) is 3.32. The summed E-state index contributed by atoms with van der Waals surface area (Å²) < 4.78 is 0. The Balaban J connectivity index is 1.98. The van der Waals surface area contributed by atoms with Crippen molar-refractivity contribution < 1.29 is 4.79 Å². The molecule has 4 nitrogen and oxygen atoms in total. The third kappa shape index (κ3) is 5.94. The number of anilines is 1. The van der Waals surface area contributed by atoms with E-state index in [1.807, 2.05) is 61.5 Å². The molecule has 0 bridgehead atoms. The van der Waals surface area contributed by atoms with Crippen molar-refractivity contribution in [2.75, 3.05) is 11.9 Å². The van der Waals surface area contributed by atoms with E-state index >= 15 is 0 Å². The normalized spacial score (nSPS) is 10.7. The van der Waals surface area contributed by atoms with Crippen LogP contribution in [-0.2, 0) is 0 Å². The Kier molecular flexibility index (Phi) is 6.36. The molecule has 0 fully saturated rings. The summed E-state index contributed by atoms with van der Waals surface area (Å²) in [6.45, 7) is 4.76. The molecule has 0 saturated carbocycles. The maximum absolute atomic E-state index is 11.8. The average Bonchev–Trinajstić information content (AvgIpc) is 2.54. The van der Waals surface area contributed by atoms with Crippen LogP contribution in [0.25, 0.3) is 12.2 Å². The predicted molar refractivity (Wildman–Crippen MR) is 96.3 cm³/mol. The average molecular weight is 309 g/mol. The van der Waals surface area contributed by atoms with Crippen molar-refractivity contribution in [1.82, 2.24) is 10.3 Å². The van der Waals surface area contributed by atoms with E-state index in [0.29, 0.717) is 6.54 Å². The number of nitrogens with zero attached hydrogens (tertiary/aromatic N) is 1. The molecule has 2 aromatic rings. The van der Waals surface area contributed by atoms with E-state index in [4.69, 9.17) is 0 Å². The van der Waals surface area contributed by atoms with Crippen molar-refractivity contribution in [3.05, 3.63) is 59.4 Å². The highest BCUT2D eigenvalue weighted by Gasteiger charge is 2.00.